The largest absolute Gasteiger partial charge is 0.493 e. The van der Waals surface area contributed by atoms with Crippen LogP contribution in [0, 0.1) is 5.82 Å². The zero-order valence-corrected chi connectivity index (χ0v) is 14.9. The number of rotatable bonds is 6. The average molecular weight is 345 g/mol. The first kappa shape index (κ1) is 17.5. The van der Waals surface area contributed by atoms with Gasteiger partial charge in [-0.15, -0.1) is 0 Å². The second kappa shape index (κ2) is 8.21. The summed E-state index contributed by atoms with van der Waals surface area (Å²) in [5.41, 5.74) is 1.98. The van der Waals surface area contributed by atoms with Gasteiger partial charge in [0.25, 0.3) is 0 Å². The summed E-state index contributed by atoms with van der Waals surface area (Å²) in [5.74, 6) is 1.41. The van der Waals surface area contributed by atoms with Crippen LogP contribution in [0.15, 0.2) is 42.5 Å². The Kier molecular flexibility index (Phi) is 5.76. The maximum absolute atomic E-state index is 13.9. The predicted octanol–water partition coefficient (Wildman–Crippen LogP) is 1.79. The Morgan fingerprint density at radius 3 is 2.40 bits per heavy atom. The highest BCUT2D eigenvalue weighted by atomic mass is 19.1. The van der Waals surface area contributed by atoms with E-state index in [1.807, 2.05) is 24.3 Å². The minimum atomic E-state index is -0.128. The van der Waals surface area contributed by atoms with E-state index in [0.717, 1.165) is 56.3 Å². The first-order valence-electron chi connectivity index (χ1n) is 8.75. The third-order valence-electron chi connectivity index (χ3n) is 4.88. The lowest BCUT2D eigenvalue weighted by Crippen LogP contribution is -3.15. The topological polar surface area (TPSA) is 26.1 Å². The number of piperazine rings is 1. The van der Waals surface area contributed by atoms with E-state index in [-0.39, 0.29) is 5.82 Å². The van der Waals surface area contributed by atoms with Crippen molar-refractivity contribution in [2.24, 2.45) is 0 Å². The van der Waals surface area contributed by atoms with Gasteiger partial charge in [0, 0.05) is 6.42 Å². The summed E-state index contributed by atoms with van der Waals surface area (Å²) < 4.78 is 24.6. The van der Waals surface area contributed by atoms with Crippen LogP contribution in [0.5, 0.6) is 11.5 Å². The van der Waals surface area contributed by atoms with Crippen LogP contribution in [-0.2, 0) is 6.42 Å². The lowest BCUT2D eigenvalue weighted by atomic mass is 10.1. The minimum Gasteiger partial charge on any atom is -0.493 e. The summed E-state index contributed by atoms with van der Waals surface area (Å²) in [4.78, 5) is 3.71. The molecule has 25 heavy (non-hydrogen) atoms. The fourth-order valence-electron chi connectivity index (χ4n) is 3.38. The van der Waals surface area contributed by atoms with Crippen LogP contribution in [0.2, 0.25) is 0 Å². The molecule has 4 nitrogen and oxygen atoms in total. The van der Waals surface area contributed by atoms with Gasteiger partial charge in [0.05, 0.1) is 52.6 Å². The first-order chi connectivity index (χ1) is 12.2. The van der Waals surface area contributed by atoms with Crippen LogP contribution >= 0.6 is 0 Å². The standard InChI is InChI=1S/C20H25FN2O2/c1-24-19-8-7-16(15-20(19)25-2)9-10-22-11-13-23(14-12-22)18-6-4-3-5-17(18)21/h3-8,15H,9-14H2,1-2H3/p+1. The van der Waals surface area contributed by atoms with Gasteiger partial charge in [0.1, 0.15) is 5.82 Å². The van der Waals surface area contributed by atoms with Crippen molar-refractivity contribution in [3.05, 3.63) is 53.8 Å². The molecule has 0 unspecified atom stereocenters. The molecule has 0 aliphatic carbocycles. The Morgan fingerprint density at radius 2 is 1.72 bits per heavy atom. The smallest absolute Gasteiger partial charge is 0.160 e. The minimum absolute atomic E-state index is 0.128. The van der Waals surface area contributed by atoms with Gasteiger partial charge < -0.3 is 19.3 Å². The van der Waals surface area contributed by atoms with Crippen LogP contribution in [-0.4, -0.2) is 46.9 Å². The van der Waals surface area contributed by atoms with Gasteiger partial charge in [0.15, 0.2) is 11.5 Å². The molecule has 0 amide bonds. The van der Waals surface area contributed by atoms with E-state index in [1.165, 1.54) is 11.6 Å². The highest BCUT2D eigenvalue weighted by molar-refractivity contribution is 5.47. The molecule has 0 radical (unpaired) electrons. The van der Waals surface area contributed by atoms with Gasteiger partial charge in [0.2, 0.25) is 0 Å². The number of nitrogens with one attached hydrogen (secondary N) is 1. The Hall–Kier alpha value is -2.27. The number of benzene rings is 2. The number of para-hydroxylation sites is 1. The molecule has 3 rings (SSSR count). The molecule has 1 aliphatic rings. The number of anilines is 1. The highest BCUT2D eigenvalue weighted by Crippen LogP contribution is 2.27. The summed E-state index contributed by atoms with van der Waals surface area (Å²) in [5, 5.41) is 0. The van der Waals surface area contributed by atoms with Crippen molar-refractivity contribution in [3.63, 3.8) is 0 Å². The second-order valence-electron chi connectivity index (χ2n) is 6.38. The molecule has 0 aromatic heterocycles. The van der Waals surface area contributed by atoms with E-state index in [0.29, 0.717) is 0 Å². The number of hydrogen-bond acceptors (Lipinski definition) is 3. The molecule has 5 heteroatoms. The monoisotopic (exact) mass is 345 g/mol. The number of quaternary nitrogens is 1. The summed E-state index contributed by atoms with van der Waals surface area (Å²) in [6.07, 6.45) is 0.995. The normalized spacial score (nSPS) is 15.2. The van der Waals surface area contributed by atoms with E-state index in [1.54, 1.807) is 25.2 Å². The molecule has 1 N–H and O–H groups in total. The van der Waals surface area contributed by atoms with Gasteiger partial charge in [-0.1, -0.05) is 18.2 Å². The van der Waals surface area contributed by atoms with Crippen molar-refractivity contribution in [3.8, 4) is 11.5 Å². The van der Waals surface area contributed by atoms with Crippen molar-refractivity contribution in [2.45, 2.75) is 6.42 Å². The zero-order chi connectivity index (χ0) is 17.6. The Labute approximate surface area is 148 Å². The van der Waals surface area contributed by atoms with E-state index >= 15 is 0 Å². The lowest BCUT2D eigenvalue weighted by molar-refractivity contribution is -0.900. The maximum atomic E-state index is 13.9. The van der Waals surface area contributed by atoms with Crippen LogP contribution in [0.4, 0.5) is 10.1 Å². The third kappa shape index (κ3) is 4.23. The molecule has 1 fully saturated rings. The van der Waals surface area contributed by atoms with E-state index in [2.05, 4.69) is 11.0 Å². The summed E-state index contributed by atoms with van der Waals surface area (Å²) >= 11 is 0. The summed E-state index contributed by atoms with van der Waals surface area (Å²) in [7, 11) is 3.31. The van der Waals surface area contributed by atoms with Crippen LogP contribution in [0.25, 0.3) is 0 Å². The van der Waals surface area contributed by atoms with Gasteiger partial charge in [-0.3, -0.25) is 0 Å². The molecule has 1 saturated heterocycles. The SMILES string of the molecule is COc1ccc(CC[NH+]2CCN(c3ccccc3F)CC2)cc1OC. The predicted molar refractivity (Wildman–Crippen MR) is 97.4 cm³/mol. The fraction of sp³-hybridized carbons (Fsp3) is 0.400. The van der Waals surface area contributed by atoms with Crippen molar-refractivity contribution >= 4 is 5.69 Å². The molecule has 0 saturated carbocycles. The van der Waals surface area contributed by atoms with Gasteiger partial charge in [-0.05, 0) is 29.8 Å². The molecule has 0 bridgehead atoms. The van der Waals surface area contributed by atoms with Crippen molar-refractivity contribution in [1.82, 2.24) is 0 Å². The van der Waals surface area contributed by atoms with E-state index in [4.69, 9.17) is 9.47 Å². The van der Waals surface area contributed by atoms with Crippen molar-refractivity contribution in [1.29, 1.82) is 0 Å². The summed E-state index contributed by atoms with van der Waals surface area (Å²) in [6.45, 7) is 4.91. The lowest BCUT2D eigenvalue weighted by Gasteiger charge is -2.33. The van der Waals surface area contributed by atoms with Crippen LogP contribution < -0.4 is 19.3 Å². The van der Waals surface area contributed by atoms with Gasteiger partial charge >= 0.3 is 0 Å². The molecular weight excluding hydrogens is 319 g/mol. The van der Waals surface area contributed by atoms with E-state index in [9.17, 15) is 4.39 Å². The molecule has 2 aromatic carbocycles. The van der Waals surface area contributed by atoms with E-state index < -0.39 is 0 Å². The number of halogens is 1. The Balaban J connectivity index is 1.52. The Morgan fingerprint density at radius 1 is 1.00 bits per heavy atom. The molecule has 1 heterocycles. The summed E-state index contributed by atoms with van der Waals surface area (Å²) in [6, 6.07) is 13.1. The molecular formula is C20H26FN2O2+. The van der Waals surface area contributed by atoms with Gasteiger partial charge in [-0.25, -0.2) is 4.39 Å². The van der Waals surface area contributed by atoms with Crippen LogP contribution in [0.3, 0.4) is 0 Å². The van der Waals surface area contributed by atoms with Gasteiger partial charge in [-0.2, -0.15) is 0 Å². The molecule has 0 spiro atoms. The fourth-order valence-corrected chi connectivity index (χ4v) is 3.38. The second-order valence-corrected chi connectivity index (χ2v) is 6.38. The third-order valence-corrected chi connectivity index (χ3v) is 4.88. The Bertz CT molecular complexity index is 700. The number of hydrogen-bond donors (Lipinski definition) is 1. The molecule has 0 atom stereocenters. The number of nitrogens with zero attached hydrogens (tertiary/aromatic N) is 1. The molecule has 1 aliphatic heterocycles. The molecule has 134 valence electrons. The number of ether oxygens (including phenoxy) is 2. The molecule has 2 aromatic rings. The van der Waals surface area contributed by atoms with Crippen molar-refractivity contribution < 1.29 is 18.8 Å². The number of methoxy groups -OCH3 is 2. The highest BCUT2D eigenvalue weighted by Gasteiger charge is 2.21. The quantitative estimate of drug-likeness (QED) is 0.865. The van der Waals surface area contributed by atoms with Crippen molar-refractivity contribution in [2.75, 3.05) is 51.8 Å². The van der Waals surface area contributed by atoms with Crippen LogP contribution in [0.1, 0.15) is 5.56 Å². The zero-order valence-electron chi connectivity index (χ0n) is 14.9. The maximum Gasteiger partial charge on any atom is 0.160 e. The average Bonchev–Trinajstić information content (AvgIpc) is 2.67. The first-order valence-corrected chi connectivity index (χ1v) is 8.75.